The Bertz CT molecular complexity index is 799. The number of amides is 2. The Labute approximate surface area is 164 Å². The highest BCUT2D eigenvalue weighted by molar-refractivity contribution is 6.33. The molecule has 0 radical (unpaired) electrons. The van der Waals surface area contributed by atoms with E-state index in [0.717, 1.165) is 11.3 Å². The molecule has 1 heterocycles. The molecule has 0 spiro atoms. The summed E-state index contributed by atoms with van der Waals surface area (Å²) in [5.41, 5.74) is 1.62. The average molecular weight is 387 g/mol. The zero-order chi connectivity index (χ0) is 19.2. The van der Waals surface area contributed by atoms with Crippen LogP contribution in [0.4, 0.5) is 0 Å². The lowest BCUT2D eigenvalue weighted by atomic mass is 10.1. The van der Waals surface area contributed by atoms with Gasteiger partial charge in [0.1, 0.15) is 5.75 Å². The second-order valence-corrected chi connectivity index (χ2v) is 6.91. The van der Waals surface area contributed by atoms with Gasteiger partial charge >= 0.3 is 0 Å². The predicted molar refractivity (Wildman–Crippen MR) is 105 cm³/mol. The zero-order valence-electron chi connectivity index (χ0n) is 15.4. The minimum Gasteiger partial charge on any atom is -0.497 e. The van der Waals surface area contributed by atoms with Crippen molar-refractivity contribution in [2.75, 3.05) is 33.3 Å². The fraction of sp³-hybridized carbons (Fsp3) is 0.333. The largest absolute Gasteiger partial charge is 0.497 e. The van der Waals surface area contributed by atoms with Crippen LogP contribution >= 0.6 is 11.6 Å². The van der Waals surface area contributed by atoms with E-state index in [1.807, 2.05) is 29.2 Å². The first kappa shape index (κ1) is 19.2. The summed E-state index contributed by atoms with van der Waals surface area (Å²) in [5, 5.41) is 0.459. The van der Waals surface area contributed by atoms with Gasteiger partial charge in [0.2, 0.25) is 5.91 Å². The first-order valence-corrected chi connectivity index (χ1v) is 9.41. The minimum absolute atomic E-state index is 0.0778. The molecule has 2 aromatic carbocycles. The van der Waals surface area contributed by atoms with Crippen molar-refractivity contribution in [1.29, 1.82) is 0 Å². The van der Waals surface area contributed by atoms with Crippen LogP contribution in [0.1, 0.15) is 22.3 Å². The van der Waals surface area contributed by atoms with E-state index in [1.54, 1.807) is 36.3 Å². The van der Waals surface area contributed by atoms with Gasteiger partial charge in [0.15, 0.2) is 0 Å². The number of carbonyl (C=O) groups excluding carboxylic acids is 2. The maximum atomic E-state index is 12.6. The Kier molecular flexibility index (Phi) is 6.35. The molecule has 0 aliphatic carbocycles. The van der Waals surface area contributed by atoms with Gasteiger partial charge in [-0.25, -0.2) is 0 Å². The van der Waals surface area contributed by atoms with Crippen LogP contribution in [0.25, 0.3) is 0 Å². The number of methoxy groups -OCH3 is 1. The van der Waals surface area contributed by atoms with Gasteiger partial charge in [0, 0.05) is 32.6 Å². The Morgan fingerprint density at radius 3 is 2.22 bits per heavy atom. The third-order valence-corrected chi connectivity index (χ3v) is 5.14. The molecule has 5 nitrogen and oxygen atoms in total. The molecule has 0 atom stereocenters. The monoisotopic (exact) mass is 386 g/mol. The van der Waals surface area contributed by atoms with Crippen molar-refractivity contribution in [3.63, 3.8) is 0 Å². The number of rotatable bonds is 5. The first-order chi connectivity index (χ1) is 13.1. The van der Waals surface area contributed by atoms with Gasteiger partial charge in [-0.3, -0.25) is 9.59 Å². The maximum absolute atomic E-state index is 12.6. The lowest BCUT2D eigenvalue weighted by Gasteiger charge is -2.35. The van der Waals surface area contributed by atoms with Gasteiger partial charge in [-0.1, -0.05) is 35.9 Å². The second-order valence-electron chi connectivity index (χ2n) is 6.50. The number of piperazine rings is 1. The molecule has 0 unspecified atom stereocenters. The summed E-state index contributed by atoms with van der Waals surface area (Å²) < 4.78 is 5.14. The standard InChI is InChI=1S/C21H23ClN2O3/c1-27-17-9-6-16(7-10-17)8-11-20(25)23-12-14-24(15-13-23)21(26)18-4-2-3-5-19(18)22/h2-7,9-10H,8,11-15H2,1H3. The molecule has 6 heteroatoms. The molecule has 1 fully saturated rings. The van der Waals surface area contributed by atoms with Crippen molar-refractivity contribution < 1.29 is 14.3 Å². The molecule has 0 saturated carbocycles. The molecule has 1 aliphatic rings. The highest BCUT2D eigenvalue weighted by atomic mass is 35.5. The van der Waals surface area contributed by atoms with E-state index in [2.05, 4.69) is 0 Å². The smallest absolute Gasteiger partial charge is 0.255 e. The van der Waals surface area contributed by atoms with Crippen LogP contribution < -0.4 is 4.74 Å². The summed E-state index contributed by atoms with van der Waals surface area (Å²) in [6.45, 7) is 2.16. The van der Waals surface area contributed by atoms with Crippen LogP contribution in [0.5, 0.6) is 5.75 Å². The van der Waals surface area contributed by atoms with Crippen LogP contribution in [0.2, 0.25) is 5.02 Å². The van der Waals surface area contributed by atoms with Gasteiger partial charge in [0.25, 0.3) is 5.91 Å². The van der Waals surface area contributed by atoms with E-state index >= 15 is 0 Å². The number of hydrogen-bond acceptors (Lipinski definition) is 3. The molecular weight excluding hydrogens is 364 g/mol. The quantitative estimate of drug-likeness (QED) is 0.792. The molecule has 0 aromatic heterocycles. The van der Waals surface area contributed by atoms with Crippen molar-refractivity contribution in [2.45, 2.75) is 12.8 Å². The van der Waals surface area contributed by atoms with E-state index < -0.39 is 0 Å². The van der Waals surface area contributed by atoms with E-state index in [4.69, 9.17) is 16.3 Å². The zero-order valence-corrected chi connectivity index (χ0v) is 16.1. The Balaban J connectivity index is 1.48. The summed E-state index contributed by atoms with van der Waals surface area (Å²) in [7, 11) is 1.63. The van der Waals surface area contributed by atoms with Crippen LogP contribution in [0, 0.1) is 0 Å². The molecule has 0 bridgehead atoms. The summed E-state index contributed by atoms with van der Waals surface area (Å²) in [5.74, 6) is 0.853. The number of nitrogens with zero attached hydrogens (tertiary/aromatic N) is 2. The van der Waals surface area contributed by atoms with Crippen molar-refractivity contribution >= 4 is 23.4 Å². The lowest BCUT2D eigenvalue weighted by molar-refractivity contribution is -0.132. The number of benzene rings is 2. The fourth-order valence-corrected chi connectivity index (χ4v) is 3.38. The third-order valence-electron chi connectivity index (χ3n) is 4.81. The Morgan fingerprint density at radius 1 is 0.963 bits per heavy atom. The van der Waals surface area contributed by atoms with Crippen molar-refractivity contribution in [2.24, 2.45) is 0 Å². The molecule has 2 aromatic rings. The van der Waals surface area contributed by atoms with Crippen LogP contribution in [0.3, 0.4) is 0 Å². The lowest BCUT2D eigenvalue weighted by Crippen LogP contribution is -2.50. The molecule has 2 amide bonds. The number of hydrogen-bond donors (Lipinski definition) is 0. The summed E-state index contributed by atoms with van der Waals surface area (Å²) in [6, 6.07) is 14.8. The SMILES string of the molecule is COc1ccc(CCC(=O)N2CCN(C(=O)c3ccccc3Cl)CC2)cc1. The predicted octanol–water partition coefficient (Wildman–Crippen LogP) is 3.27. The molecule has 3 rings (SSSR count). The normalized spacial score (nSPS) is 14.1. The number of ether oxygens (including phenoxy) is 1. The Hall–Kier alpha value is -2.53. The minimum atomic E-state index is -0.0778. The molecule has 1 aliphatic heterocycles. The Morgan fingerprint density at radius 2 is 1.59 bits per heavy atom. The number of aryl methyl sites for hydroxylation is 1. The van der Waals surface area contributed by atoms with Gasteiger partial charge in [-0.2, -0.15) is 0 Å². The molecule has 142 valence electrons. The van der Waals surface area contributed by atoms with E-state index in [9.17, 15) is 9.59 Å². The van der Waals surface area contributed by atoms with Crippen LogP contribution in [0.15, 0.2) is 48.5 Å². The van der Waals surface area contributed by atoms with Gasteiger partial charge < -0.3 is 14.5 Å². The maximum Gasteiger partial charge on any atom is 0.255 e. The van der Waals surface area contributed by atoms with E-state index in [0.29, 0.717) is 49.6 Å². The van der Waals surface area contributed by atoms with Gasteiger partial charge in [-0.15, -0.1) is 0 Å². The van der Waals surface area contributed by atoms with Crippen LogP contribution in [-0.2, 0) is 11.2 Å². The first-order valence-electron chi connectivity index (χ1n) is 9.03. The van der Waals surface area contributed by atoms with Crippen molar-refractivity contribution in [3.05, 3.63) is 64.7 Å². The number of halogens is 1. The second kappa shape index (κ2) is 8.91. The molecular formula is C21H23ClN2O3. The van der Waals surface area contributed by atoms with E-state index in [-0.39, 0.29) is 11.8 Å². The fourth-order valence-electron chi connectivity index (χ4n) is 3.17. The molecule has 0 N–H and O–H groups in total. The molecule has 27 heavy (non-hydrogen) atoms. The highest BCUT2D eigenvalue weighted by Gasteiger charge is 2.25. The topological polar surface area (TPSA) is 49.9 Å². The molecule has 1 saturated heterocycles. The summed E-state index contributed by atoms with van der Waals surface area (Å²) >= 11 is 6.12. The van der Waals surface area contributed by atoms with Gasteiger partial charge in [0.05, 0.1) is 17.7 Å². The van der Waals surface area contributed by atoms with E-state index in [1.165, 1.54) is 0 Å². The summed E-state index contributed by atoms with van der Waals surface area (Å²) in [6.07, 6.45) is 1.16. The van der Waals surface area contributed by atoms with Crippen LogP contribution in [-0.4, -0.2) is 54.9 Å². The third kappa shape index (κ3) is 4.80. The number of carbonyl (C=O) groups is 2. The highest BCUT2D eigenvalue weighted by Crippen LogP contribution is 2.18. The average Bonchev–Trinajstić information content (AvgIpc) is 2.72. The van der Waals surface area contributed by atoms with Gasteiger partial charge in [-0.05, 0) is 36.2 Å². The van der Waals surface area contributed by atoms with Crippen molar-refractivity contribution in [3.8, 4) is 5.75 Å². The summed E-state index contributed by atoms with van der Waals surface area (Å²) in [4.78, 5) is 28.7. The van der Waals surface area contributed by atoms with Crippen molar-refractivity contribution in [1.82, 2.24) is 9.80 Å².